The second-order valence-electron chi connectivity index (χ2n) is 1.08. The van der Waals surface area contributed by atoms with Gasteiger partial charge in [0.05, 0.1) is 6.54 Å². The van der Waals surface area contributed by atoms with Gasteiger partial charge in [0, 0.05) is 6.92 Å². The van der Waals surface area contributed by atoms with E-state index in [1.807, 2.05) is 6.92 Å². The van der Waals surface area contributed by atoms with Crippen LogP contribution in [0.3, 0.4) is 0 Å². The molecule has 0 aliphatic rings. The van der Waals surface area contributed by atoms with Crippen LogP contribution in [0.5, 0.6) is 0 Å². The molecule has 0 heterocycles. The van der Waals surface area contributed by atoms with Crippen LogP contribution >= 0.6 is 0 Å². The van der Waals surface area contributed by atoms with Gasteiger partial charge in [0.1, 0.15) is 0 Å². The lowest BCUT2D eigenvalue weighted by molar-refractivity contribution is -0.116. The third kappa shape index (κ3) is 5.27. The topological polar surface area (TPSA) is 41.8 Å². The molecular weight excluding hydrogens is 92.1 g/mol. The zero-order valence-corrected chi connectivity index (χ0v) is 4.51. The van der Waals surface area contributed by atoms with Crippen molar-refractivity contribution >= 4 is 5.91 Å². The molecule has 0 saturated carbocycles. The van der Waals surface area contributed by atoms with E-state index in [4.69, 9.17) is 0 Å². The summed E-state index contributed by atoms with van der Waals surface area (Å²) in [4.78, 5) is 9.94. The van der Waals surface area contributed by atoms with Crippen LogP contribution in [-0.2, 0) is 4.79 Å². The summed E-state index contributed by atoms with van der Waals surface area (Å²) in [5, 5.41) is 6.68. The first-order valence-corrected chi connectivity index (χ1v) is 2.15. The second kappa shape index (κ2) is 3.46. The van der Waals surface area contributed by atoms with E-state index in [0.29, 0.717) is 6.54 Å². The number of nitrogens with zero attached hydrogens (tertiary/aromatic N) is 2. The number of hydrogen-bond donors (Lipinski definition) is 0. The highest BCUT2D eigenvalue weighted by atomic mass is 16.1. The van der Waals surface area contributed by atoms with E-state index in [2.05, 4.69) is 10.2 Å². The van der Waals surface area contributed by atoms with Gasteiger partial charge < -0.3 is 0 Å². The molecule has 0 fully saturated rings. The van der Waals surface area contributed by atoms with E-state index in [0.717, 1.165) is 0 Å². The Morgan fingerprint density at radius 1 is 1.71 bits per heavy atom. The van der Waals surface area contributed by atoms with Gasteiger partial charge in [-0.15, -0.1) is 5.11 Å². The fourth-order valence-electron chi connectivity index (χ4n) is 0.170. The number of rotatable bonds is 1. The molecule has 0 aromatic heterocycles. The molecule has 0 aromatic rings. The average molecular weight is 100 g/mol. The third-order valence-electron chi connectivity index (χ3n) is 0.353. The highest BCUT2D eigenvalue weighted by Gasteiger charge is 1.78. The summed E-state index contributed by atoms with van der Waals surface area (Å²) in [5.41, 5.74) is 0. The molecule has 40 valence electrons. The Kier molecular flexibility index (Phi) is 3.10. The van der Waals surface area contributed by atoms with Crippen LogP contribution in [0.25, 0.3) is 0 Å². The molecule has 0 aromatic carbocycles. The minimum Gasteiger partial charge on any atom is -0.271 e. The van der Waals surface area contributed by atoms with Crippen molar-refractivity contribution < 1.29 is 4.79 Å². The maximum atomic E-state index is 9.94. The molecule has 0 aliphatic heterocycles. The summed E-state index contributed by atoms with van der Waals surface area (Å²) in [6.07, 6.45) is 0. The monoisotopic (exact) mass is 100 g/mol. The normalized spacial score (nSPS) is 10.0. The standard InChI is InChI=1S/C4H8N2O/c1-3-5-6-4(2)7/h3H2,1-2H3. The Hall–Kier alpha value is -0.730. The van der Waals surface area contributed by atoms with Crippen LogP contribution in [0.15, 0.2) is 10.2 Å². The summed E-state index contributed by atoms with van der Waals surface area (Å²) >= 11 is 0. The molecule has 0 rings (SSSR count). The molecule has 0 unspecified atom stereocenters. The Morgan fingerprint density at radius 2 is 2.29 bits per heavy atom. The van der Waals surface area contributed by atoms with E-state index in [-0.39, 0.29) is 5.91 Å². The zero-order valence-electron chi connectivity index (χ0n) is 4.51. The van der Waals surface area contributed by atoms with Crippen molar-refractivity contribution in [1.82, 2.24) is 0 Å². The molecule has 7 heavy (non-hydrogen) atoms. The first kappa shape index (κ1) is 6.27. The van der Waals surface area contributed by atoms with E-state index < -0.39 is 0 Å². The lowest BCUT2D eigenvalue weighted by atomic mass is 10.8. The van der Waals surface area contributed by atoms with Crippen LogP contribution in [0, 0.1) is 0 Å². The van der Waals surface area contributed by atoms with Crippen molar-refractivity contribution in [3.8, 4) is 0 Å². The van der Waals surface area contributed by atoms with Crippen molar-refractivity contribution in [2.45, 2.75) is 13.8 Å². The molecule has 3 nitrogen and oxygen atoms in total. The zero-order chi connectivity index (χ0) is 5.70. The van der Waals surface area contributed by atoms with Gasteiger partial charge in [-0.1, -0.05) is 0 Å². The summed E-state index contributed by atoms with van der Waals surface area (Å²) in [5.74, 6) is -0.234. The van der Waals surface area contributed by atoms with Crippen molar-refractivity contribution in [1.29, 1.82) is 0 Å². The maximum absolute atomic E-state index is 9.94. The molecule has 3 heteroatoms. The van der Waals surface area contributed by atoms with Crippen molar-refractivity contribution in [2.24, 2.45) is 10.2 Å². The lowest BCUT2D eigenvalue weighted by Crippen LogP contribution is -1.78. The Bertz CT molecular complexity index is 87.7. The molecule has 0 bridgehead atoms. The van der Waals surface area contributed by atoms with Gasteiger partial charge in [0.25, 0.3) is 5.91 Å². The van der Waals surface area contributed by atoms with E-state index in [1.54, 1.807) is 0 Å². The molecule has 0 atom stereocenters. The van der Waals surface area contributed by atoms with Crippen LogP contribution in [0.4, 0.5) is 0 Å². The predicted molar refractivity (Wildman–Crippen MR) is 26.1 cm³/mol. The number of azo groups is 1. The lowest BCUT2D eigenvalue weighted by Gasteiger charge is -1.73. The first-order chi connectivity index (χ1) is 3.27. The molecule has 0 radical (unpaired) electrons. The number of hydrogen-bond acceptors (Lipinski definition) is 2. The van der Waals surface area contributed by atoms with Crippen molar-refractivity contribution in [3.05, 3.63) is 0 Å². The molecule has 0 aliphatic carbocycles. The van der Waals surface area contributed by atoms with Gasteiger partial charge in [-0.25, -0.2) is 0 Å². The summed E-state index contributed by atoms with van der Waals surface area (Å²) in [7, 11) is 0. The Labute approximate surface area is 42.4 Å². The van der Waals surface area contributed by atoms with Gasteiger partial charge >= 0.3 is 0 Å². The van der Waals surface area contributed by atoms with Crippen LogP contribution in [0.1, 0.15) is 13.8 Å². The van der Waals surface area contributed by atoms with Gasteiger partial charge in [0.15, 0.2) is 0 Å². The minimum atomic E-state index is -0.234. The largest absolute Gasteiger partial charge is 0.271 e. The van der Waals surface area contributed by atoms with Crippen LogP contribution < -0.4 is 0 Å². The highest BCUT2D eigenvalue weighted by Crippen LogP contribution is 1.73. The number of carbonyl (C=O) groups is 1. The number of carbonyl (C=O) groups excluding carboxylic acids is 1. The fourth-order valence-corrected chi connectivity index (χ4v) is 0.170. The smallest absolute Gasteiger partial charge is 0.261 e. The predicted octanol–water partition coefficient (Wildman–Crippen LogP) is 1.01. The Balaban J connectivity index is 3.26. The third-order valence-corrected chi connectivity index (χ3v) is 0.353. The van der Waals surface area contributed by atoms with E-state index in [1.165, 1.54) is 6.92 Å². The Morgan fingerprint density at radius 3 is 2.43 bits per heavy atom. The molecule has 0 N–H and O–H groups in total. The van der Waals surface area contributed by atoms with E-state index >= 15 is 0 Å². The van der Waals surface area contributed by atoms with Gasteiger partial charge in [-0.05, 0) is 6.92 Å². The van der Waals surface area contributed by atoms with Gasteiger partial charge in [0.2, 0.25) is 0 Å². The summed E-state index contributed by atoms with van der Waals surface area (Å²) in [6, 6.07) is 0. The first-order valence-electron chi connectivity index (χ1n) is 2.15. The van der Waals surface area contributed by atoms with E-state index in [9.17, 15) is 4.79 Å². The molecular formula is C4H8N2O. The quantitative estimate of drug-likeness (QED) is 0.453. The van der Waals surface area contributed by atoms with Crippen molar-refractivity contribution in [2.75, 3.05) is 6.54 Å². The summed E-state index contributed by atoms with van der Waals surface area (Å²) < 4.78 is 0. The average Bonchev–Trinajstić information content (AvgIpc) is 1.61. The number of amides is 1. The second-order valence-corrected chi connectivity index (χ2v) is 1.08. The summed E-state index contributed by atoms with van der Waals surface area (Å²) in [6.45, 7) is 3.78. The van der Waals surface area contributed by atoms with Crippen molar-refractivity contribution in [3.63, 3.8) is 0 Å². The minimum absolute atomic E-state index is 0.234. The fraction of sp³-hybridized carbons (Fsp3) is 0.750. The van der Waals surface area contributed by atoms with Crippen LogP contribution in [-0.4, -0.2) is 12.5 Å². The molecule has 0 saturated heterocycles. The molecule has 0 spiro atoms. The van der Waals surface area contributed by atoms with Gasteiger partial charge in [-0.3, -0.25) is 4.79 Å². The molecule has 1 amide bonds. The van der Waals surface area contributed by atoms with Crippen LogP contribution in [0.2, 0.25) is 0 Å². The SMILES string of the molecule is CCN=NC(C)=O. The van der Waals surface area contributed by atoms with Gasteiger partial charge in [-0.2, -0.15) is 5.11 Å². The highest BCUT2D eigenvalue weighted by molar-refractivity contribution is 5.73. The maximum Gasteiger partial charge on any atom is 0.261 e.